The zero-order valence-corrected chi connectivity index (χ0v) is 10.4. The Morgan fingerprint density at radius 2 is 2.00 bits per heavy atom. The van der Waals surface area contributed by atoms with E-state index in [1.54, 1.807) is 0 Å². The Labute approximate surface area is 94.0 Å². The van der Waals surface area contributed by atoms with E-state index in [9.17, 15) is 0 Å². The van der Waals surface area contributed by atoms with Crippen LogP contribution >= 0.6 is 0 Å². The molecule has 0 spiro atoms. The first kappa shape index (κ1) is 12.1. The Morgan fingerprint density at radius 1 is 1.27 bits per heavy atom. The van der Waals surface area contributed by atoms with Crippen LogP contribution in [0.25, 0.3) is 0 Å². The van der Waals surface area contributed by atoms with Gasteiger partial charge >= 0.3 is 0 Å². The van der Waals surface area contributed by atoms with Crippen molar-refractivity contribution in [2.45, 2.75) is 40.5 Å². The first-order valence-corrected chi connectivity index (χ1v) is 6.03. The van der Waals surface area contributed by atoms with Crippen LogP contribution in [-0.2, 0) is 0 Å². The lowest BCUT2D eigenvalue weighted by atomic mass is 9.91. The van der Waals surface area contributed by atoms with E-state index in [1.165, 1.54) is 24.1 Å². The fraction of sp³-hybridized carbons (Fsp3) is 0.571. The minimum atomic E-state index is 0.192. The smallest absolute Gasteiger partial charge is 0.0340 e. The van der Waals surface area contributed by atoms with Crippen molar-refractivity contribution in [2.24, 2.45) is 5.41 Å². The van der Waals surface area contributed by atoms with Gasteiger partial charge in [0.25, 0.3) is 0 Å². The maximum Gasteiger partial charge on any atom is 0.0340 e. The summed E-state index contributed by atoms with van der Waals surface area (Å²) < 4.78 is 0. The summed E-state index contributed by atoms with van der Waals surface area (Å²) in [6.45, 7) is 9.60. The monoisotopic (exact) mass is 205 g/mol. The number of rotatable bonds is 0. The third-order valence-electron chi connectivity index (χ3n) is 2.62. The molecule has 0 amide bonds. The first-order chi connectivity index (χ1) is 7.17. The van der Waals surface area contributed by atoms with Crippen molar-refractivity contribution in [1.82, 2.24) is 5.32 Å². The number of piperidine rings is 1. The van der Waals surface area contributed by atoms with Gasteiger partial charge in [-0.3, -0.25) is 0 Å². The molecule has 0 saturated carbocycles. The van der Waals surface area contributed by atoms with E-state index in [-0.39, 0.29) is 5.41 Å². The van der Waals surface area contributed by atoms with E-state index >= 15 is 0 Å². The number of fused-ring (bicyclic) bond motifs is 1. The van der Waals surface area contributed by atoms with Crippen molar-refractivity contribution in [2.75, 3.05) is 6.54 Å². The second-order valence-corrected chi connectivity index (χ2v) is 4.46. The summed E-state index contributed by atoms with van der Waals surface area (Å²) >= 11 is 0. The van der Waals surface area contributed by atoms with Crippen LogP contribution in [0.1, 0.15) is 40.5 Å². The second-order valence-electron chi connectivity index (χ2n) is 4.46. The summed E-state index contributed by atoms with van der Waals surface area (Å²) in [6.07, 6.45) is 11.5. The Kier molecular flexibility index (Phi) is 4.19. The van der Waals surface area contributed by atoms with E-state index in [0.29, 0.717) is 0 Å². The van der Waals surface area contributed by atoms with Gasteiger partial charge in [0.1, 0.15) is 0 Å². The molecule has 0 aromatic rings. The first-order valence-electron chi connectivity index (χ1n) is 6.03. The average molecular weight is 205 g/mol. The molecule has 0 radical (unpaired) electrons. The second kappa shape index (κ2) is 5.20. The maximum absolute atomic E-state index is 3.47. The molecule has 2 rings (SSSR count). The lowest BCUT2D eigenvalue weighted by Crippen LogP contribution is -2.23. The third kappa shape index (κ3) is 3.26. The maximum atomic E-state index is 3.47. The van der Waals surface area contributed by atoms with Gasteiger partial charge in [0.05, 0.1) is 0 Å². The van der Waals surface area contributed by atoms with Crippen LogP contribution in [0.2, 0.25) is 0 Å². The molecule has 1 nitrogen and oxygen atoms in total. The highest BCUT2D eigenvalue weighted by Crippen LogP contribution is 2.29. The van der Waals surface area contributed by atoms with Crippen LogP contribution in [0.15, 0.2) is 35.6 Å². The van der Waals surface area contributed by atoms with Crippen molar-refractivity contribution < 1.29 is 0 Å². The molecule has 84 valence electrons. The molecule has 1 heterocycles. The van der Waals surface area contributed by atoms with Crippen molar-refractivity contribution in [3.63, 3.8) is 0 Å². The number of nitrogens with one attached hydrogen (secondary N) is 1. The fourth-order valence-electron chi connectivity index (χ4n) is 1.90. The van der Waals surface area contributed by atoms with E-state index in [4.69, 9.17) is 0 Å². The van der Waals surface area contributed by atoms with Gasteiger partial charge in [-0.15, -0.1) is 0 Å². The van der Waals surface area contributed by atoms with E-state index < -0.39 is 0 Å². The van der Waals surface area contributed by atoms with Crippen molar-refractivity contribution in [3.05, 3.63) is 35.6 Å². The summed E-state index contributed by atoms with van der Waals surface area (Å²) in [7, 11) is 0. The van der Waals surface area contributed by atoms with Gasteiger partial charge < -0.3 is 5.32 Å². The minimum absolute atomic E-state index is 0.192. The molecule has 2 aliphatic rings. The van der Waals surface area contributed by atoms with E-state index in [2.05, 4.69) is 43.5 Å². The molecule has 1 aliphatic heterocycles. The molecule has 0 bridgehead atoms. The van der Waals surface area contributed by atoms with Crippen molar-refractivity contribution in [3.8, 4) is 0 Å². The van der Waals surface area contributed by atoms with E-state index in [1.807, 2.05) is 13.8 Å². The molecule has 0 aromatic heterocycles. The minimum Gasteiger partial charge on any atom is -0.385 e. The van der Waals surface area contributed by atoms with Crippen LogP contribution in [-0.4, -0.2) is 6.54 Å². The quantitative estimate of drug-likeness (QED) is 0.634. The molecule has 1 aliphatic carbocycles. The Hall–Kier alpha value is -0.980. The molecular weight excluding hydrogens is 182 g/mol. The van der Waals surface area contributed by atoms with Gasteiger partial charge in [0.2, 0.25) is 0 Å². The molecule has 1 N–H and O–H groups in total. The van der Waals surface area contributed by atoms with Gasteiger partial charge in [-0.1, -0.05) is 52.0 Å². The lowest BCUT2D eigenvalue weighted by molar-refractivity contribution is 0.599. The molecule has 0 aromatic carbocycles. The predicted molar refractivity (Wildman–Crippen MR) is 67.7 cm³/mol. The standard InChI is InChI=1S/C12H17N.C2H6/c1-12(2)7-3-5-10-6-4-8-13-11(10)9-12;1-2/h3,5,7,9,13H,4,6,8H2,1-2H3;1-2H3. The van der Waals surface area contributed by atoms with Crippen LogP contribution in [0.3, 0.4) is 0 Å². The molecule has 1 heteroatoms. The van der Waals surface area contributed by atoms with Crippen molar-refractivity contribution in [1.29, 1.82) is 0 Å². The highest BCUT2D eigenvalue weighted by Gasteiger charge is 2.18. The molecule has 0 unspecified atom stereocenters. The average Bonchev–Trinajstić information content (AvgIpc) is 2.37. The highest BCUT2D eigenvalue weighted by molar-refractivity contribution is 5.39. The van der Waals surface area contributed by atoms with Crippen LogP contribution in [0, 0.1) is 5.41 Å². The number of hydrogen-bond donors (Lipinski definition) is 1. The number of hydrogen-bond acceptors (Lipinski definition) is 1. The summed E-state index contributed by atoms with van der Waals surface area (Å²) in [5.41, 5.74) is 3.01. The van der Waals surface area contributed by atoms with Gasteiger partial charge in [0, 0.05) is 17.7 Å². The Bertz CT molecular complexity index is 292. The summed E-state index contributed by atoms with van der Waals surface area (Å²) in [5.74, 6) is 0. The SMILES string of the molecule is CC.CC1(C)C=CC=C2CCCNC2=C1. The fourth-order valence-corrected chi connectivity index (χ4v) is 1.90. The largest absolute Gasteiger partial charge is 0.385 e. The topological polar surface area (TPSA) is 12.0 Å². The zero-order valence-electron chi connectivity index (χ0n) is 10.4. The summed E-state index contributed by atoms with van der Waals surface area (Å²) in [4.78, 5) is 0. The Morgan fingerprint density at radius 3 is 2.73 bits per heavy atom. The number of allylic oxidation sites excluding steroid dienone is 5. The lowest BCUT2D eigenvalue weighted by Gasteiger charge is -2.22. The Balaban J connectivity index is 0.000000531. The molecule has 0 atom stereocenters. The van der Waals surface area contributed by atoms with Crippen LogP contribution in [0.5, 0.6) is 0 Å². The molecule has 1 saturated heterocycles. The molecule has 1 fully saturated rings. The third-order valence-corrected chi connectivity index (χ3v) is 2.62. The van der Waals surface area contributed by atoms with Crippen LogP contribution < -0.4 is 5.32 Å². The van der Waals surface area contributed by atoms with Crippen molar-refractivity contribution >= 4 is 0 Å². The van der Waals surface area contributed by atoms with Gasteiger partial charge in [-0.05, 0) is 18.4 Å². The molecular formula is C14H23N. The molecule has 15 heavy (non-hydrogen) atoms. The van der Waals surface area contributed by atoms with E-state index in [0.717, 1.165) is 6.54 Å². The summed E-state index contributed by atoms with van der Waals surface area (Å²) in [5, 5.41) is 3.47. The van der Waals surface area contributed by atoms with Gasteiger partial charge in [-0.2, -0.15) is 0 Å². The zero-order chi connectivity index (χ0) is 11.3. The summed E-state index contributed by atoms with van der Waals surface area (Å²) in [6, 6.07) is 0. The van der Waals surface area contributed by atoms with Gasteiger partial charge in [0.15, 0.2) is 0 Å². The van der Waals surface area contributed by atoms with Crippen LogP contribution in [0.4, 0.5) is 0 Å². The van der Waals surface area contributed by atoms with Gasteiger partial charge in [-0.25, -0.2) is 0 Å². The normalized spacial score (nSPS) is 22.1. The predicted octanol–water partition coefficient (Wildman–Crippen LogP) is 3.80. The highest BCUT2D eigenvalue weighted by atomic mass is 14.9.